The number of aryl methyl sites for hydroxylation is 1. The van der Waals surface area contributed by atoms with Crippen molar-refractivity contribution in [2.24, 2.45) is 0 Å². The van der Waals surface area contributed by atoms with Crippen LogP contribution >= 0.6 is 22.9 Å². The minimum absolute atomic E-state index is 0.736. The number of hydrogen-bond acceptors (Lipinski definition) is 4. The van der Waals surface area contributed by atoms with Crippen molar-refractivity contribution in [2.75, 3.05) is 11.9 Å². The minimum Gasteiger partial charge on any atom is -0.370 e. The van der Waals surface area contributed by atoms with Crippen LogP contribution in [0.5, 0.6) is 0 Å². The highest BCUT2D eigenvalue weighted by atomic mass is 35.5. The summed E-state index contributed by atoms with van der Waals surface area (Å²) in [6.07, 6.45) is 1.07. The summed E-state index contributed by atoms with van der Waals surface area (Å²) in [5.41, 5.74) is 2.11. The van der Waals surface area contributed by atoms with Gasteiger partial charge in [0.15, 0.2) is 5.82 Å². The number of rotatable bonds is 4. The van der Waals surface area contributed by atoms with E-state index in [4.69, 9.17) is 11.6 Å². The maximum atomic E-state index is 5.94. The Kier molecular flexibility index (Phi) is 4.19. The zero-order chi connectivity index (χ0) is 13.1. The molecule has 1 N–H and O–H groups in total. The average Bonchev–Trinajstić information content (AvgIpc) is 2.77. The van der Waals surface area contributed by atoms with Crippen LogP contribution in [0.4, 0.5) is 5.82 Å². The van der Waals surface area contributed by atoms with Crippen molar-refractivity contribution < 1.29 is 0 Å². The smallest absolute Gasteiger partial charge is 0.171 e. The second kappa shape index (κ2) is 5.67. The zero-order valence-corrected chi connectivity index (χ0v) is 12.3. The maximum Gasteiger partial charge on any atom is 0.171 e. The summed E-state index contributed by atoms with van der Waals surface area (Å²) >= 11 is 7.51. The quantitative estimate of drug-likeness (QED) is 0.908. The van der Waals surface area contributed by atoms with Crippen LogP contribution in [-0.4, -0.2) is 16.5 Å². The molecule has 0 bridgehead atoms. The van der Waals surface area contributed by atoms with Crippen molar-refractivity contribution in [1.82, 2.24) is 9.97 Å². The summed E-state index contributed by atoms with van der Waals surface area (Å²) in [7, 11) is 0. The fourth-order valence-electron chi connectivity index (χ4n) is 1.58. The molecule has 0 aliphatic carbocycles. The fourth-order valence-corrected chi connectivity index (χ4v) is 2.59. The van der Waals surface area contributed by atoms with Crippen LogP contribution < -0.4 is 5.32 Å². The van der Waals surface area contributed by atoms with E-state index in [1.807, 2.05) is 25.3 Å². The lowest BCUT2D eigenvalue weighted by Gasteiger charge is -2.10. The van der Waals surface area contributed by atoms with E-state index < -0.39 is 0 Å². The molecule has 0 amide bonds. The molecule has 0 atom stereocenters. The molecule has 0 fully saturated rings. The molecule has 5 heteroatoms. The minimum atomic E-state index is 0.736. The molecule has 0 unspecified atom stereocenters. The molecule has 18 heavy (non-hydrogen) atoms. The van der Waals surface area contributed by atoms with Gasteiger partial charge in [0.05, 0.1) is 9.90 Å². The Morgan fingerprint density at radius 1 is 1.33 bits per heavy atom. The largest absolute Gasteiger partial charge is 0.370 e. The Morgan fingerprint density at radius 3 is 2.72 bits per heavy atom. The fraction of sp³-hybridized carbons (Fsp3) is 0.385. The summed E-state index contributed by atoms with van der Waals surface area (Å²) < 4.78 is 0. The lowest BCUT2D eigenvalue weighted by Crippen LogP contribution is -2.07. The van der Waals surface area contributed by atoms with Crippen LogP contribution in [0.2, 0.25) is 5.02 Å². The topological polar surface area (TPSA) is 37.8 Å². The van der Waals surface area contributed by atoms with Crippen molar-refractivity contribution in [1.29, 1.82) is 0 Å². The molecule has 2 aromatic rings. The third-order valence-corrected chi connectivity index (χ3v) is 3.99. The number of anilines is 1. The van der Waals surface area contributed by atoms with Crippen molar-refractivity contribution in [3.63, 3.8) is 0 Å². The van der Waals surface area contributed by atoms with E-state index in [1.54, 1.807) is 11.3 Å². The molecule has 3 nitrogen and oxygen atoms in total. The molecule has 2 heterocycles. The predicted octanol–water partition coefficient (Wildman–Crippen LogP) is 4.30. The average molecular weight is 282 g/mol. The molecular formula is C13H16ClN3S. The van der Waals surface area contributed by atoms with E-state index in [-0.39, 0.29) is 0 Å². The first-order chi connectivity index (χ1) is 8.61. The highest BCUT2D eigenvalue weighted by Gasteiger charge is 2.10. The second-order valence-corrected chi connectivity index (χ2v) is 5.51. The van der Waals surface area contributed by atoms with Gasteiger partial charge in [0.25, 0.3) is 0 Å². The summed E-state index contributed by atoms with van der Waals surface area (Å²) in [6.45, 7) is 7.10. The monoisotopic (exact) mass is 281 g/mol. The molecule has 0 spiro atoms. The zero-order valence-electron chi connectivity index (χ0n) is 10.7. The molecular weight excluding hydrogens is 266 g/mol. The first kappa shape index (κ1) is 13.3. The van der Waals surface area contributed by atoms with Gasteiger partial charge in [0.2, 0.25) is 0 Å². The van der Waals surface area contributed by atoms with Gasteiger partial charge in [-0.05, 0) is 26.3 Å². The lowest BCUT2D eigenvalue weighted by atomic mass is 10.2. The molecule has 0 aliphatic heterocycles. The van der Waals surface area contributed by atoms with Gasteiger partial charge in [-0.25, -0.2) is 9.97 Å². The molecule has 2 aromatic heterocycles. The first-order valence-electron chi connectivity index (χ1n) is 5.95. The van der Waals surface area contributed by atoms with Crippen molar-refractivity contribution in [3.8, 4) is 10.7 Å². The Labute approximate surface area is 116 Å². The van der Waals surface area contributed by atoms with Gasteiger partial charge in [-0.15, -0.1) is 11.3 Å². The van der Waals surface area contributed by atoms with Gasteiger partial charge in [-0.3, -0.25) is 0 Å². The van der Waals surface area contributed by atoms with Crippen molar-refractivity contribution >= 4 is 28.8 Å². The molecule has 96 valence electrons. The third kappa shape index (κ3) is 2.82. The number of nitrogens with zero attached hydrogens (tertiary/aromatic N) is 2. The number of nitrogens with one attached hydrogen (secondary N) is 1. The highest BCUT2D eigenvalue weighted by Crippen LogP contribution is 2.29. The number of aromatic nitrogens is 2. The second-order valence-electron chi connectivity index (χ2n) is 4.16. The Hall–Kier alpha value is -1.13. The first-order valence-corrected chi connectivity index (χ1v) is 7.21. The summed E-state index contributed by atoms with van der Waals surface area (Å²) in [6, 6.07) is 1.90. The summed E-state index contributed by atoms with van der Waals surface area (Å²) in [5, 5.41) is 5.97. The maximum absolute atomic E-state index is 5.94. The van der Waals surface area contributed by atoms with Crippen LogP contribution in [0.3, 0.4) is 0 Å². The number of halogens is 1. The van der Waals surface area contributed by atoms with E-state index in [1.165, 1.54) is 0 Å². The van der Waals surface area contributed by atoms with Gasteiger partial charge < -0.3 is 5.32 Å². The Morgan fingerprint density at radius 2 is 2.11 bits per heavy atom. The van der Waals surface area contributed by atoms with Gasteiger partial charge >= 0.3 is 0 Å². The van der Waals surface area contributed by atoms with E-state index in [0.29, 0.717) is 0 Å². The van der Waals surface area contributed by atoms with Gasteiger partial charge in [-0.1, -0.05) is 18.5 Å². The van der Waals surface area contributed by atoms with Gasteiger partial charge in [0.1, 0.15) is 5.82 Å². The van der Waals surface area contributed by atoms with E-state index >= 15 is 0 Å². The van der Waals surface area contributed by atoms with Crippen LogP contribution in [0.1, 0.15) is 24.6 Å². The van der Waals surface area contributed by atoms with Crippen LogP contribution in [0, 0.1) is 13.8 Å². The predicted molar refractivity (Wildman–Crippen MR) is 78.6 cm³/mol. The normalized spacial score (nSPS) is 10.7. The number of hydrogen-bond donors (Lipinski definition) is 1. The molecule has 0 saturated heterocycles. The molecule has 2 rings (SSSR count). The highest BCUT2D eigenvalue weighted by molar-refractivity contribution is 7.14. The summed E-state index contributed by atoms with van der Waals surface area (Å²) in [5.74, 6) is 1.66. The van der Waals surface area contributed by atoms with E-state index in [0.717, 1.165) is 45.8 Å². The molecule has 0 radical (unpaired) electrons. The van der Waals surface area contributed by atoms with Crippen LogP contribution in [-0.2, 0) is 0 Å². The van der Waals surface area contributed by atoms with Crippen LogP contribution in [0.15, 0.2) is 11.4 Å². The van der Waals surface area contributed by atoms with Crippen molar-refractivity contribution in [2.45, 2.75) is 27.2 Å². The standard InChI is InChI=1S/C13H16ClN3S/c1-4-5-15-12-8(2)9(3)16-13(17-12)11-6-10(14)7-18-11/h6-7H,4-5H2,1-3H3,(H,15,16,17). The Balaban J connectivity index is 2.40. The lowest BCUT2D eigenvalue weighted by molar-refractivity contribution is 0.955. The molecule has 0 saturated carbocycles. The third-order valence-electron chi connectivity index (χ3n) is 2.72. The van der Waals surface area contributed by atoms with Crippen molar-refractivity contribution in [3.05, 3.63) is 27.7 Å². The van der Waals surface area contributed by atoms with E-state index in [9.17, 15) is 0 Å². The van der Waals surface area contributed by atoms with E-state index in [2.05, 4.69) is 22.2 Å². The van der Waals surface area contributed by atoms with Gasteiger partial charge in [-0.2, -0.15) is 0 Å². The number of thiophene rings is 1. The molecule has 0 aliphatic rings. The summed E-state index contributed by atoms with van der Waals surface area (Å²) in [4.78, 5) is 10.1. The Bertz CT molecular complexity index is 551. The molecule has 0 aromatic carbocycles. The van der Waals surface area contributed by atoms with Crippen LogP contribution in [0.25, 0.3) is 10.7 Å². The van der Waals surface area contributed by atoms with Gasteiger partial charge in [0, 0.05) is 23.2 Å². The SMILES string of the molecule is CCCNc1nc(-c2cc(Cl)cs2)nc(C)c1C.